The van der Waals surface area contributed by atoms with Gasteiger partial charge in [0.15, 0.2) is 34.7 Å². The molecule has 3 aromatic rings. The number of fused-ring (bicyclic) bond motifs is 4. The van der Waals surface area contributed by atoms with Crippen LogP contribution in [0.1, 0.15) is 67.4 Å². The predicted molar refractivity (Wildman–Crippen MR) is 171 cm³/mol. The van der Waals surface area contributed by atoms with E-state index in [2.05, 4.69) is 24.3 Å². The van der Waals surface area contributed by atoms with Gasteiger partial charge in [0.05, 0.1) is 11.5 Å². The number of phenols is 1. The van der Waals surface area contributed by atoms with Crippen LogP contribution >= 0.6 is 0 Å². The first-order valence-electron chi connectivity index (χ1n) is 16.5. The molecule has 8 nitrogen and oxygen atoms in total. The summed E-state index contributed by atoms with van der Waals surface area (Å²) >= 11 is 0. The molecule has 0 saturated heterocycles. The first-order chi connectivity index (χ1) is 21.9. The number of benzene rings is 3. The van der Waals surface area contributed by atoms with Crippen molar-refractivity contribution in [1.29, 1.82) is 0 Å². The molecule has 1 amide bonds. The summed E-state index contributed by atoms with van der Waals surface area (Å²) in [6, 6.07) is 15.7. The van der Waals surface area contributed by atoms with Crippen molar-refractivity contribution in [3.63, 3.8) is 0 Å². The average molecular weight is 622 g/mol. The largest absolute Gasteiger partial charge is 0.507 e. The highest BCUT2D eigenvalue weighted by molar-refractivity contribution is 6.32. The molecule has 0 spiro atoms. The Balaban J connectivity index is 1.34. The highest BCUT2D eigenvalue weighted by atomic mass is 16.3. The van der Waals surface area contributed by atoms with Crippen LogP contribution in [0.2, 0.25) is 0 Å². The predicted octanol–water partition coefficient (Wildman–Crippen LogP) is 4.76. The van der Waals surface area contributed by atoms with E-state index in [0.717, 1.165) is 28.3 Å². The molecule has 4 N–H and O–H groups in total. The molecule has 2 unspecified atom stereocenters. The summed E-state index contributed by atoms with van der Waals surface area (Å²) in [7, 11) is 0. The van der Waals surface area contributed by atoms with Crippen LogP contribution in [-0.4, -0.2) is 44.9 Å². The number of primary amides is 1. The van der Waals surface area contributed by atoms with E-state index in [9.17, 15) is 34.2 Å². The number of carbonyl (C=O) groups excluding carboxylic acids is 5. The van der Waals surface area contributed by atoms with Crippen molar-refractivity contribution in [3.05, 3.63) is 65.2 Å². The molecule has 4 aliphatic rings. The van der Waals surface area contributed by atoms with Crippen LogP contribution in [0.4, 0.5) is 0 Å². The summed E-state index contributed by atoms with van der Waals surface area (Å²) < 4.78 is 0. The molecule has 6 atom stereocenters. The number of hydrogen-bond donors (Lipinski definition) is 3. The Morgan fingerprint density at radius 1 is 0.935 bits per heavy atom. The van der Waals surface area contributed by atoms with Crippen molar-refractivity contribution >= 4 is 39.8 Å². The van der Waals surface area contributed by atoms with E-state index in [1.807, 2.05) is 18.2 Å². The highest BCUT2D eigenvalue weighted by Crippen LogP contribution is 2.54. The molecule has 3 fully saturated rings. The average Bonchev–Trinajstić information content (AvgIpc) is 3.52. The van der Waals surface area contributed by atoms with E-state index in [0.29, 0.717) is 11.5 Å². The van der Waals surface area contributed by atoms with Crippen LogP contribution in [0.3, 0.4) is 0 Å². The Bertz CT molecular complexity index is 1840. The normalized spacial score (nSPS) is 29.6. The summed E-state index contributed by atoms with van der Waals surface area (Å²) in [4.78, 5) is 67.7. The lowest BCUT2D eigenvalue weighted by Gasteiger charge is -2.52. The van der Waals surface area contributed by atoms with Gasteiger partial charge in [0.25, 0.3) is 0 Å². The van der Waals surface area contributed by atoms with Gasteiger partial charge in [-0.2, -0.15) is 0 Å². The molecule has 0 heterocycles. The molecule has 3 saturated carbocycles. The molecule has 8 heteroatoms. The fraction of sp³-hybridized carbons (Fsp3) is 0.447. The summed E-state index contributed by atoms with van der Waals surface area (Å²) in [6.45, 7) is 3.48. The van der Waals surface area contributed by atoms with Crippen molar-refractivity contribution in [2.24, 2.45) is 47.2 Å². The highest BCUT2D eigenvalue weighted by Gasteiger charge is 2.69. The second-order valence-corrected chi connectivity index (χ2v) is 14.3. The zero-order valence-corrected chi connectivity index (χ0v) is 26.1. The number of Topliss-reactive ketones (excluding diaryl/α,β-unsaturated/α-hetero) is 4. The van der Waals surface area contributed by atoms with E-state index in [-0.39, 0.29) is 24.2 Å². The molecule has 46 heavy (non-hydrogen) atoms. The van der Waals surface area contributed by atoms with Gasteiger partial charge < -0.3 is 15.9 Å². The van der Waals surface area contributed by atoms with Gasteiger partial charge in [-0.15, -0.1) is 0 Å². The van der Waals surface area contributed by atoms with Crippen molar-refractivity contribution in [2.75, 3.05) is 0 Å². The number of nitrogens with two attached hydrogens (primary N) is 1. The summed E-state index contributed by atoms with van der Waals surface area (Å²) in [5.41, 5.74) is 6.35. The van der Waals surface area contributed by atoms with Gasteiger partial charge in [-0.05, 0) is 76.1 Å². The van der Waals surface area contributed by atoms with Crippen LogP contribution in [-0.2, 0) is 32.0 Å². The van der Waals surface area contributed by atoms with Gasteiger partial charge in [-0.25, -0.2) is 0 Å². The molecular weight excluding hydrogens is 582 g/mol. The van der Waals surface area contributed by atoms with Crippen molar-refractivity contribution in [2.45, 2.75) is 64.4 Å². The van der Waals surface area contributed by atoms with Crippen molar-refractivity contribution < 1.29 is 34.2 Å². The molecule has 0 aliphatic heterocycles. The number of carbonyl (C=O) groups is 5. The summed E-state index contributed by atoms with van der Waals surface area (Å²) in [5.74, 6) is -10.8. The number of aliphatic hydroxyl groups is 1. The Morgan fingerprint density at radius 2 is 1.61 bits per heavy atom. The fourth-order valence-electron chi connectivity index (χ4n) is 9.41. The number of hydrogen-bond acceptors (Lipinski definition) is 7. The zero-order chi connectivity index (χ0) is 32.7. The number of rotatable bonds is 5. The number of phenolic OH excluding ortho intramolecular Hbond substituents is 1. The maximum atomic E-state index is 14.2. The van der Waals surface area contributed by atoms with Crippen molar-refractivity contribution in [1.82, 2.24) is 0 Å². The van der Waals surface area contributed by atoms with E-state index in [1.54, 1.807) is 13.8 Å². The Morgan fingerprint density at radius 3 is 2.28 bits per heavy atom. The van der Waals surface area contributed by atoms with Gasteiger partial charge in [-0.3, -0.25) is 24.0 Å². The van der Waals surface area contributed by atoms with E-state index in [4.69, 9.17) is 5.73 Å². The topological polar surface area (TPSA) is 152 Å². The third kappa shape index (κ3) is 4.33. The maximum absolute atomic E-state index is 14.2. The number of amides is 1. The van der Waals surface area contributed by atoms with Crippen LogP contribution in [0.15, 0.2) is 48.5 Å². The monoisotopic (exact) mass is 621 g/mol. The van der Waals surface area contributed by atoms with E-state index in [1.165, 1.54) is 37.3 Å². The summed E-state index contributed by atoms with van der Waals surface area (Å²) in [5, 5.41) is 25.1. The summed E-state index contributed by atoms with van der Waals surface area (Å²) in [6.07, 6.45) is 6.30. The lowest BCUT2D eigenvalue weighted by molar-refractivity contribution is -0.182. The number of aromatic hydroxyl groups is 1. The van der Waals surface area contributed by atoms with Crippen LogP contribution in [0.5, 0.6) is 5.75 Å². The Labute approximate surface area is 267 Å². The maximum Gasteiger partial charge on any atom is 0.235 e. The minimum absolute atomic E-state index is 0.0134. The van der Waals surface area contributed by atoms with Crippen LogP contribution in [0, 0.1) is 41.4 Å². The molecule has 0 aromatic heterocycles. The minimum atomic E-state index is -2.70. The Hall–Kier alpha value is -4.17. The molecule has 3 aromatic carbocycles. The first kappa shape index (κ1) is 30.5. The van der Waals surface area contributed by atoms with Crippen LogP contribution in [0.25, 0.3) is 21.9 Å². The third-order valence-corrected chi connectivity index (χ3v) is 11.5. The van der Waals surface area contributed by atoms with Gasteiger partial charge in [0.2, 0.25) is 5.91 Å². The van der Waals surface area contributed by atoms with Gasteiger partial charge in [0.1, 0.15) is 5.75 Å². The molecular formula is C38H39NO7. The first-order valence-corrected chi connectivity index (χ1v) is 16.5. The van der Waals surface area contributed by atoms with Gasteiger partial charge in [-0.1, -0.05) is 82.0 Å². The number of ketones is 4. The fourth-order valence-corrected chi connectivity index (χ4v) is 9.41. The van der Waals surface area contributed by atoms with Gasteiger partial charge in [0, 0.05) is 11.8 Å². The molecule has 7 rings (SSSR count). The second kappa shape index (κ2) is 11.0. The van der Waals surface area contributed by atoms with Crippen molar-refractivity contribution in [3.8, 4) is 16.9 Å². The zero-order valence-electron chi connectivity index (χ0n) is 26.1. The lowest BCUT2D eigenvalue weighted by Crippen LogP contribution is -2.71. The minimum Gasteiger partial charge on any atom is -0.507 e. The molecule has 238 valence electrons. The standard InChI is InChI=1S/C38H39NO7/c1-18(2)29-27-17-21-16-26-25(24-12-11-20(15-19-7-3-4-8-19)22-9-5-6-10-23(22)24)13-14-28(40)31(26)34(42)30(21)35(43)38(27,46)36(44)32(33(29)41)37(39)45/h5-6,9-14,18-19,21,27,29-30,32,40,46H,3-4,7-8,15-17H2,1-2H3,(H2,39,45)/t21-,27-,29-,30?,32?,38-/m0/s1. The van der Waals surface area contributed by atoms with E-state index < -0.39 is 70.1 Å². The lowest BCUT2D eigenvalue weighted by atomic mass is 9.49. The van der Waals surface area contributed by atoms with Crippen LogP contribution < -0.4 is 5.73 Å². The molecule has 0 bridgehead atoms. The molecule has 4 aliphatic carbocycles. The SMILES string of the molecule is CC(C)[C@@H]1C(=O)C(C(N)=O)C(=O)[C@@]2(O)C(=O)C3C(=O)c4c(O)ccc(-c5ccc(CC6CCCC6)c6ccccc56)c4C[C@H]3C[C@@H]12. The third-order valence-electron chi connectivity index (χ3n) is 11.5. The molecule has 0 radical (unpaired) electrons. The quantitative estimate of drug-likeness (QED) is 0.347. The van der Waals surface area contributed by atoms with Gasteiger partial charge >= 0.3 is 0 Å². The van der Waals surface area contributed by atoms with E-state index >= 15 is 0 Å². The second-order valence-electron chi connectivity index (χ2n) is 14.3. The Kier molecular flexibility index (Phi) is 7.27. The smallest absolute Gasteiger partial charge is 0.235 e.